The molecule has 0 saturated heterocycles. The first-order valence-electron chi connectivity index (χ1n) is 13.7. The second kappa shape index (κ2) is 12.2. The molecule has 4 aromatic carbocycles. The number of hydrogen-bond acceptors (Lipinski definition) is 11. The molecule has 0 amide bonds. The molecule has 2 aliphatic rings. The van der Waals surface area contributed by atoms with Gasteiger partial charge in [-0.15, -0.1) is 0 Å². The zero-order valence-electron chi connectivity index (χ0n) is 23.9. The van der Waals surface area contributed by atoms with Crippen LogP contribution < -0.4 is 16.2 Å². The predicted molar refractivity (Wildman–Crippen MR) is 179 cm³/mol. The van der Waals surface area contributed by atoms with Crippen LogP contribution in [0.4, 0.5) is 22.7 Å². The van der Waals surface area contributed by atoms with E-state index in [0.717, 1.165) is 12.2 Å². The molecule has 13 nitrogen and oxygen atoms in total. The second-order valence-corrected chi connectivity index (χ2v) is 13.0. The van der Waals surface area contributed by atoms with Crippen molar-refractivity contribution in [3.63, 3.8) is 0 Å². The van der Waals surface area contributed by atoms with Crippen LogP contribution in [0.15, 0.2) is 117 Å². The molecular weight excluding hydrogens is 647 g/mol. The van der Waals surface area contributed by atoms with Crippen LogP contribution in [0.1, 0.15) is 31.8 Å². The molecule has 15 heteroatoms. The normalized spacial score (nSPS) is 16.2. The van der Waals surface area contributed by atoms with Gasteiger partial charge in [-0.2, -0.15) is 27.0 Å². The Morgan fingerprint density at radius 2 is 0.894 bits per heavy atom. The summed E-state index contributed by atoms with van der Waals surface area (Å²) in [5.41, 5.74) is 6.64. The van der Waals surface area contributed by atoms with Gasteiger partial charge in [-0.3, -0.25) is 29.5 Å². The first-order chi connectivity index (χ1) is 22.4. The minimum atomic E-state index is -4.86. The number of anilines is 4. The van der Waals surface area contributed by atoms with E-state index in [4.69, 9.17) is 0 Å². The smallest absolute Gasteiger partial charge is 0.296 e. The number of ketones is 2. The SMILES string of the molecule is O=C1/C(=N/Nc2ccccc2)C(S(=O)(=O)O)=Cc2cc(Nc3ccc4c(c3)C=C(S(=O)(=O)O)/C(=N/Nc3ccccc3)C4=O)ccc21. The van der Waals surface area contributed by atoms with E-state index in [9.17, 15) is 35.5 Å². The fraction of sp³-hybridized carbons (Fsp3) is 0. The van der Waals surface area contributed by atoms with Gasteiger partial charge in [-0.05, 0) is 83.9 Å². The molecule has 47 heavy (non-hydrogen) atoms. The van der Waals surface area contributed by atoms with Crippen LogP contribution >= 0.6 is 0 Å². The third kappa shape index (κ3) is 6.63. The lowest BCUT2D eigenvalue weighted by Crippen LogP contribution is -2.27. The van der Waals surface area contributed by atoms with E-state index in [1.54, 1.807) is 72.8 Å². The van der Waals surface area contributed by atoms with Gasteiger partial charge in [0.15, 0.2) is 11.4 Å². The summed E-state index contributed by atoms with van der Waals surface area (Å²) in [6, 6.07) is 26.0. The number of carbonyl (C=O) groups excluding carboxylic acids is 2. The Labute approximate surface area is 268 Å². The molecule has 2 aliphatic carbocycles. The molecule has 0 fully saturated rings. The van der Waals surface area contributed by atoms with E-state index in [2.05, 4.69) is 26.4 Å². The lowest BCUT2D eigenvalue weighted by atomic mass is 9.93. The Hall–Kier alpha value is -5.74. The van der Waals surface area contributed by atoms with Crippen LogP contribution in [0, 0.1) is 0 Å². The van der Waals surface area contributed by atoms with Crippen molar-refractivity contribution in [2.45, 2.75) is 0 Å². The highest BCUT2D eigenvalue weighted by Crippen LogP contribution is 2.32. The van der Waals surface area contributed by atoms with Crippen molar-refractivity contribution in [2.75, 3.05) is 16.2 Å². The number of nitrogens with one attached hydrogen (secondary N) is 3. The van der Waals surface area contributed by atoms with Crippen molar-refractivity contribution in [1.82, 2.24) is 0 Å². The van der Waals surface area contributed by atoms with E-state index >= 15 is 0 Å². The molecule has 0 radical (unpaired) electrons. The van der Waals surface area contributed by atoms with Crippen molar-refractivity contribution >= 4 is 78.1 Å². The quantitative estimate of drug-likeness (QED) is 0.122. The van der Waals surface area contributed by atoms with Crippen molar-refractivity contribution in [3.8, 4) is 0 Å². The number of benzene rings is 4. The van der Waals surface area contributed by atoms with Gasteiger partial charge in [0.05, 0.1) is 11.4 Å². The Bertz CT molecular complexity index is 2140. The first-order valence-corrected chi connectivity index (χ1v) is 16.6. The molecule has 236 valence electrons. The van der Waals surface area contributed by atoms with Gasteiger partial charge in [0, 0.05) is 22.5 Å². The lowest BCUT2D eigenvalue weighted by molar-refractivity contribution is 0.105. The number of Topliss-reactive ketones (excluding diaryl/α,β-unsaturated/α-hetero) is 2. The lowest BCUT2D eigenvalue weighted by Gasteiger charge is -2.19. The topological polar surface area (TPSA) is 204 Å². The summed E-state index contributed by atoms with van der Waals surface area (Å²) in [5, 5.41) is 11.0. The van der Waals surface area contributed by atoms with Crippen LogP contribution in [0.3, 0.4) is 0 Å². The number of rotatable bonds is 8. The highest BCUT2D eigenvalue weighted by molar-refractivity contribution is 7.91. The number of nitrogens with zero attached hydrogens (tertiary/aromatic N) is 2. The molecule has 0 aromatic heterocycles. The molecule has 0 heterocycles. The molecule has 0 bridgehead atoms. The molecule has 0 unspecified atom stereocenters. The number of hydrogen-bond donors (Lipinski definition) is 5. The Balaban J connectivity index is 1.31. The minimum absolute atomic E-state index is 0.129. The maximum Gasteiger partial charge on any atom is 0.296 e. The maximum atomic E-state index is 13.3. The van der Waals surface area contributed by atoms with E-state index in [-0.39, 0.29) is 22.3 Å². The molecular formula is C32H23N5O8S2. The fourth-order valence-corrected chi connectivity index (χ4v) is 6.19. The first kappa shape index (κ1) is 31.3. The number of allylic oxidation sites excluding steroid dienone is 2. The van der Waals surface area contributed by atoms with Crippen molar-refractivity contribution in [1.29, 1.82) is 0 Å². The molecule has 4 aromatic rings. The summed E-state index contributed by atoms with van der Waals surface area (Å²) in [6.07, 6.45) is 2.25. The summed E-state index contributed by atoms with van der Waals surface area (Å²) < 4.78 is 68.8. The molecule has 5 N–H and O–H groups in total. The molecule has 0 spiro atoms. The average Bonchev–Trinajstić information content (AvgIpc) is 3.03. The minimum Gasteiger partial charge on any atom is -0.355 e. The van der Waals surface area contributed by atoms with Gasteiger partial charge in [0.25, 0.3) is 20.2 Å². The van der Waals surface area contributed by atoms with Gasteiger partial charge in [0.2, 0.25) is 11.6 Å². The third-order valence-corrected chi connectivity index (χ3v) is 8.78. The number of fused-ring (bicyclic) bond motifs is 2. The number of carbonyl (C=O) groups is 2. The average molecular weight is 670 g/mol. The van der Waals surface area contributed by atoms with Crippen LogP contribution in [0.25, 0.3) is 12.2 Å². The third-order valence-electron chi connectivity index (χ3n) is 7.05. The standard InChI is InChI=1S/C32H23N5O8S2/c38-31-25-13-11-23(15-19(25)17-27(46(40,41)42)29(31)36-34-21-7-3-1-4-8-21)33-24-12-14-26-20(16-24)18-28(47(43,44)45)30(32(26)39)37-35-22-9-5-2-6-10-22/h1-18,33-35H,(H,40,41,42)(H,43,44,45)/b36-29-,37-30+. The van der Waals surface area contributed by atoms with Crippen molar-refractivity contribution < 1.29 is 35.5 Å². The van der Waals surface area contributed by atoms with E-state index in [1.807, 2.05) is 0 Å². The Morgan fingerprint density at radius 3 is 1.26 bits per heavy atom. The van der Waals surface area contributed by atoms with Gasteiger partial charge in [0.1, 0.15) is 9.81 Å². The van der Waals surface area contributed by atoms with E-state index in [1.165, 1.54) is 24.3 Å². The van der Waals surface area contributed by atoms with Crippen molar-refractivity contribution in [3.05, 3.63) is 129 Å². The number of hydrazone groups is 2. The zero-order chi connectivity index (χ0) is 33.3. The summed E-state index contributed by atoms with van der Waals surface area (Å²) in [5.74, 6) is -1.47. The van der Waals surface area contributed by atoms with Gasteiger partial charge < -0.3 is 5.32 Å². The van der Waals surface area contributed by atoms with Crippen LogP contribution in [-0.2, 0) is 20.2 Å². The summed E-state index contributed by atoms with van der Waals surface area (Å²) in [4.78, 5) is 25.2. The predicted octanol–water partition coefficient (Wildman–Crippen LogP) is 5.22. The Morgan fingerprint density at radius 1 is 0.511 bits per heavy atom. The highest BCUT2D eigenvalue weighted by Gasteiger charge is 2.34. The zero-order valence-corrected chi connectivity index (χ0v) is 25.6. The Kier molecular flexibility index (Phi) is 8.13. The summed E-state index contributed by atoms with van der Waals surface area (Å²) >= 11 is 0. The van der Waals surface area contributed by atoms with Gasteiger partial charge in [-0.25, -0.2) is 0 Å². The van der Waals surface area contributed by atoms with E-state index < -0.39 is 53.0 Å². The van der Waals surface area contributed by atoms with E-state index in [0.29, 0.717) is 22.7 Å². The van der Waals surface area contributed by atoms with Gasteiger partial charge in [-0.1, -0.05) is 36.4 Å². The largest absolute Gasteiger partial charge is 0.355 e. The van der Waals surface area contributed by atoms with Crippen LogP contribution in [-0.4, -0.2) is 48.9 Å². The monoisotopic (exact) mass is 669 g/mol. The maximum absolute atomic E-state index is 13.3. The number of para-hydroxylation sites is 2. The van der Waals surface area contributed by atoms with Crippen molar-refractivity contribution in [2.24, 2.45) is 10.2 Å². The fourth-order valence-electron chi connectivity index (χ4n) is 4.87. The molecule has 0 saturated carbocycles. The van der Waals surface area contributed by atoms with Crippen LogP contribution in [0.5, 0.6) is 0 Å². The van der Waals surface area contributed by atoms with Crippen LogP contribution in [0.2, 0.25) is 0 Å². The summed E-state index contributed by atoms with van der Waals surface area (Å²) in [6.45, 7) is 0. The van der Waals surface area contributed by atoms with Gasteiger partial charge >= 0.3 is 0 Å². The second-order valence-electron chi connectivity index (χ2n) is 10.2. The molecule has 6 rings (SSSR count). The highest BCUT2D eigenvalue weighted by atomic mass is 32.2. The molecule has 0 atom stereocenters. The summed E-state index contributed by atoms with van der Waals surface area (Å²) in [7, 11) is -9.71. The molecule has 0 aliphatic heterocycles.